The van der Waals surface area contributed by atoms with Crippen molar-refractivity contribution in [3.63, 3.8) is 0 Å². The number of anilines is 3. The van der Waals surface area contributed by atoms with E-state index < -0.39 is 31.5 Å². The zero-order valence-corrected chi connectivity index (χ0v) is 19.9. The number of carboxylic acid groups (broad SMARTS) is 1. The summed E-state index contributed by atoms with van der Waals surface area (Å²) in [5.41, 5.74) is 3.11. The quantitative estimate of drug-likeness (QED) is 0.190. The number of carbonyl (C=O) groups excluding carboxylic acids is 1. The number of hydrogen-bond acceptors (Lipinski definition) is 8. The van der Waals surface area contributed by atoms with Gasteiger partial charge in [-0.1, -0.05) is 24.3 Å². The molecule has 3 aromatic carbocycles. The van der Waals surface area contributed by atoms with Crippen molar-refractivity contribution in [2.24, 2.45) is 5.10 Å². The third-order valence-corrected chi connectivity index (χ3v) is 6.19. The molecule has 0 bridgehead atoms. The smallest absolute Gasteiger partial charge is 0.337 e. The summed E-state index contributed by atoms with van der Waals surface area (Å²) in [5, 5.41) is 27.7. The highest BCUT2D eigenvalue weighted by molar-refractivity contribution is 7.92. The summed E-state index contributed by atoms with van der Waals surface area (Å²) < 4.78 is 27.8. The van der Waals surface area contributed by atoms with Crippen LogP contribution in [0, 0.1) is 10.1 Å². The number of nitro benzene ring substituents is 1. The second-order valence-corrected chi connectivity index (χ2v) is 9.15. The first-order chi connectivity index (χ1) is 17.0. The van der Waals surface area contributed by atoms with Gasteiger partial charge in [-0.05, 0) is 48.9 Å². The second-order valence-electron chi connectivity index (χ2n) is 7.46. The Kier molecular flexibility index (Phi) is 7.64. The van der Waals surface area contributed by atoms with Gasteiger partial charge in [0.05, 0.1) is 26.8 Å². The number of nitrogens with one attached hydrogen (secondary N) is 3. The van der Waals surface area contributed by atoms with E-state index in [4.69, 9.17) is 0 Å². The molecule has 1 amide bonds. The standard InChI is InChI=1S/C23H21N5O7S/c1-14(16-6-5-7-17(12-16)24-15(2)29)25-26-21-11-10-18(13-22(21)28(32)33)36(34,35)27-20-9-4-3-8-19(20)23(30)31/h3-13,26-27H,1-2H3,(H,24,29)(H,30,31). The van der Waals surface area contributed by atoms with E-state index in [2.05, 4.69) is 20.6 Å². The van der Waals surface area contributed by atoms with Crippen LogP contribution >= 0.6 is 0 Å². The fourth-order valence-electron chi connectivity index (χ4n) is 3.12. The first-order valence-electron chi connectivity index (χ1n) is 10.3. The number of aromatic carboxylic acids is 1. The molecule has 0 spiro atoms. The van der Waals surface area contributed by atoms with Crippen molar-refractivity contribution in [3.8, 4) is 0 Å². The third-order valence-electron chi connectivity index (χ3n) is 4.82. The largest absolute Gasteiger partial charge is 0.478 e. The number of para-hydroxylation sites is 1. The van der Waals surface area contributed by atoms with Gasteiger partial charge in [0.15, 0.2) is 0 Å². The highest BCUT2D eigenvalue weighted by Gasteiger charge is 2.23. The number of nitrogens with zero attached hydrogens (tertiary/aromatic N) is 2. The van der Waals surface area contributed by atoms with Crippen LogP contribution in [0.2, 0.25) is 0 Å². The monoisotopic (exact) mass is 511 g/mol. The van der Waals surface area contributed by atoms with Crippen LogP contribution in [0.5, 0.6) is 0 Å². The summed E-state index contributed by atoms with van der Waals surface area (Å²) >= 11 is 0. The van der Waals surface area contributed by atoms with Gasteiger partial charge in [0, 0.05) is 18.7 Å². The molecule has 3 rings (SSSR count). The van der Waals surface area contributed by atoms with E-state index in [1.54, 1.807) is 31.2 Å². The minimum atomic E-state index is -4.35. The van der Waals surface area contributed by atoms with Crippen molar-refractivity contribution in [1.29, 1.82) is 0 Å². The van der Waals surface area contributed by atoms with Crippen LogP contribution in [0.25, 0.3) is 0 Å². The third kappa shape index (κ3) is 6.21. The molecule has 0 aliphatic rings. The van der Waals surface area contributed by atoms with Crippen molar-refractivity contribution in [3.05, 3.63) is 88.0 Å². The lowest BCUT2D eigenvalue weighted by atomic mass is 10.1. The van der Waals surface area contributed by atoms with Crippen LogP contribution < -0.4 is 15.5 Å². The van der Waals surface area contributed by atoms with Gasteiger partial charge in [0.1, 0.15) is 5.69 Å². The van der Waals surface area contributed by atoms with E-state index in [-0.39, 0.29) is 22.8 Å². The number of carbonyl (C=O) groups is 2. The zero-order valence-electron chi connectivity index (χ0n) is 19.1. The summed E-state index contributed by atoms with van der Waals surface area (Å²) in [6.07, 6.45) is 0. The average molecular weight is 512 g/mol. The number of benzene rings is 3. The second kappa shape index (κ2) is 10.7. The Morgan fingerprint density at radius 1 is 0.972 bits per heavy atom. The molecule has 0 heterocycles. The van der Waals surface area contributed by atoms with E-state index in [1.807, 2.05) is 0 Å². The molecule has 0 saturated heterocycles. The highest BCUT2D eigenvalue weighted by atomic mass is 32.2. The van der Waals surface area contributed by atoms with Gasteiger partial charge >= 0.3 is 5.97 Å². The molecule has 0 aliphatic heterocycles. The Morgan fingerprint density at radius 2 is 1.69 bits per heavy atom. The van der Waals surface area contributed by atoms with E-state index in [9.17, 15) is 33.2 Å². The predicted octanol–water partition coefficient (Wildman–Crippen LogP) is 3.89. The van der Waals surface area contributed by atoms with Gasteiger partial charge in [-0.3, -0.25) is 25.1 Å². The van der Waals surface area contributed by atoms with Gasteiger partial charge in [0.2, 0.25) is 5.91 Å². The number of nitro groups is 1. The summed E-state index contributed by atoms with van der Waals surface area (Å²) in [6, 6.07) is 15.3. The van der Waals surface area contributed by atoms with Crippen LogP contribution in [-0.2, 0) is 14.8 Å². The first-order valence-corrected chi connectivity index (χ1v) is 11.8. The van der Waals surface area contributed by atoms with Crippen LogP contribution in [0.3, 0.4) is 0 Å². The number of sulfonamides is 1. The van der Waals surface area contributed by atoms with Crippen molar-refractivity contribution in [1.82, 2.24) is 0 Å². The van der Waals surface area contributed by atoms with Crippen LogP contribution in [0.15, 0.2) is 76.7 Å². The van der Waals surface area contributed by atoms with E-state index in [0.29, 0.717) is 17.0 Å². The van der Waals surface area contributed by atoms with Crippen LogP contribution in [0.1, 0.15) is 29.8 Å². The molecule has 0 radical (unpaired) electrons. The van der Waals surface area contributed by atoms with Gasteiger partial charge in [0.25, 0.3) is 15.7 Å². The topological polar surface area (TPSA) is 180 Å². The molecule has 0 fully saturated rings. The molecule has 36 heavy (non-hydrogen) atoms. The lowest BCUT2D eigenvalue weighted by Crippen LogP contribution is -2.16. The molecule has 0 atom stereocenters. The Hall–Kier alpha value is -4.78. The minimum absolute atomic E-state index is 0.0674. The summed E-state index contributed by atoms with van der Waals surface area (Å²) in [4.78, 5) is 33.1. The Morgan fingerprint density at radius 3 is 2.36 bits per heavy atom. The molecule has 0 saturated carbocycles. The Balaban J connectivity index is 1.89. The SMILES string of the molecule is CC(=O)Nc1cccc(C(C)=NNc2ccc(S(=O)(=O)Nc3ccccc3C(=O)O)cc2[N+](=O)[O-])c1. The Labute approximate surface area is 205 Å². The lowest BCUT2D eigenvalue weighted by molar-refractivity contribution is -0.384. The maximum atomic E-state index is 12.8. The predicted molar refractivity (Wildman–Crippen MR) is 134 cm³/mol. The Bertz CT molecular complexity index is 1490. The van der Waals surface area contributed by atoms with Crippen molar-refractivity contribution < 1.29 is 28.0 Å². The molecule has 3 aromatic rings. The summed E-state index contributed by atoms with van der Waals surface area (Å²) in [5.74, 6) is -1.58. The van der Waals surface area contributed by atoms with Gasteiger partial charge < -0.3 is 10.4 Å². The van der Waals surface area contributed by atoms with Crippen molar-refractivity contribution in [2.45, 2.75) is 18.7 Å². The molecular weight excluding hydrogens is 490 g/mol. The summed E-state index contributed by atoms with van der Waals surface area (Å²) in [7, 11) is -4.35. The lowest BCUT2D eigenvalue weighted by Gasteiger charge is -2.11. The molecule has 4 N–H and O–H groups in total. The first kappa shape index (κ1) is 25.8. The normalized spacial score (nSPS) is 11.4. The zero-order chi connectivity index (χ0) is 26.5. The molecule has 0 unspecified atom stereocenters. The molecule has 12 nitrogen and oxygen atoms in total. The minimum Gasteiger partial charge on any atom is -0.478 e. The van der Waals surface area contributed by atoms with E-state index in [1.165, 1.54) is 37.3 Å². The van der Waals surface area contributed by atoms with Gasteiger partial charge in [-0.15, -0.1) is 0 Å². The summed E-state index contributed by atoms with van der Waals surface area (Å²) in [6.45, 7) is 3.02. The highest BCUT2D eigenvalue weighted by Crippen LogP contribution is 2.29. The van der Waals surface area contributed by atoms with Gasteiger partial charge in [-0.2, -0.15) is 5.10 Å². The number of amides is 1. The van der Waals surface area contributed by atoms with Crippen LogP contribution in [-0.4, -0.2) is 36.0 Å². The van der Waals surface area contributed by atoms with Crippen molar-refractivity contribution in [2.75, 3.05) is 15.5 Å². The molecule has 13 heteroatoms. The number of carboxylic acids is 1. The molecule has 0 aliphatic carbocycles. The average Bonchev–Trinajstić information content (AvgIpc) is 2.82. The molecule has 186 valence electrons. The molecule has 0 aromatic heterocycles. The number of hydrogen-bond donors (Lipinski definition) is 4. The van der Waals surface area contributed by atoms with Crippen LogP contribution in [0.4, 0.5) is 22.7 Å². The maximum Gasteiger partial charge on any atom is 0.337 e. The number of rotatable bonds is 9. The number of hydrazone groups is 1. The fourth-order valence-corrected chi connectivity index (χ4v) is 4.22. The van der Waals surface area contributed by atoms with E-state index in [0.717, 1.165) is 12.1 Å². The van der Waals surface area contributed by atoms with Gasteiger partial charge in [-0.25, -0.2) is 13.2 Å². The molecular formula is C23H21N5O7S. The maximum absolute atomic E-state index is 12.8. The fraction of sp³-hybridized carbons (Fsp3) is 0.0870. The van der Waals surface area contributed by atoms with E-state index >= 15 is 0 Å². The van der Waals surface area contributed by atoms with Crippen molar-refractivity contribution >= 4 is 50.4 Å².